The van der Waals surface area contributed by atoms with Crippen molar-refractivity contribution in [2.45, 2.75) is 57.4 Å². The lowest BCUT2D eigenvalue weighted by Gasteiger charge is -2.41. The summed E-state index contributed by atoms with van der Waals surface area (Å²) in [7, 11) is -1.59. The molecule has 1 aliphatic heterocycles. The van der Waals surface area contributed by atoms with Crippen molar-refractivity contribution in [3.8, 4) is 22.8 Å². The zero-order chi connectivity index (χ0) is 28.8. The van der Waals surface area contributed by atoms with Gasteiger partial charge >= 0.3 is 6.09 Å². The Morgan fingerprint density at radius 2 is 1.87 bits per heavy atom. The molecule has 4 rings (SSSR count). The number of carbonyl (C=O) groups excluding carboxylic acids is 1. The van der Waals surface area contributed by atoms with Crippen LogP contribution in [0.5, 0.6) is 0 Å². The van der Waals surface area contributed by atoms with Gasteiger partial charge in [-0.05, 0) is 59.7 Å². The number of ether oxygens (including phenoxy) is 1. The van der Waals surface area contributed by atoms with Crippen molar-refractivity contribution in [3.05, 3.63) is 53.1 Å². The molecule has 0 unspecified atom stereocenters. The van der Waals surface area contributed by atoms with Gasteiger partial charge in [0.05, 0.1) is 20.5 Å². The molecule has 2 atom stereocenters. The van der Waals surface area contributed by atoms with Crippen LogP contribution >= 0.6 is 11.6 Å². The van der Waals surface area contributed by atoms with Crippen LogP contribution in [0, 0.1) is 5.82 Å². The van der Waals surface area contributed by atoms with E-state index in [1.165, 1.54) is 31.6 Å². The summed E-state index contributed by atoms with van der Waals surface area (Å²) in [5.41, 5.74) is -1.10. The molecule has 0 fully saturated rings. The fraction of sp³-hybridized carbons (Fsp3) is 0.423. The molecule has 0 saturated carbocycles. The van der Waals surface area contributed by atoms with Crippen LogP contribution in [0.1, 0.15) is 47.1 Å². The van der Waals surface area contributed by atoms with Crippen LogP contribution in [0.2, 0.25) is 5.02 Å². The molecule has 1 aromatic carbocycles. The van der Waals surface area contributed by atoms with Crippen molar-refractivity contribution in [2.24, 2.45) is 9.36 Å². The van der Waals surface area contributed by atoms with Gasteiger partial charge in [0.2, 0.25) is 0 Å². The third kappa shape index (κ3) is 5.67. The predicted octanol–water partition coefficient (Wildman–Crippen LogP) is 5.62. The SMILES string of the molecule is CN=[S@@]1(=O)C[C@@](C)(c2cc(-c3cc(-c4ncc(Cl)cn4)no3)ccc2F)N=C(NC(=O)OC(C)(C)C)C1(C)C. The summed E-state index contributed by atoms with van der Waals surface area (Å²) in [6, 6.07) is 5.99. The Hall–Kier alpha value is -3.38. The summed E-state index contributed by atoms with van der Waals surface area (Å²) in [5, 5.41) is 7.04. The van der Waals surface area contributed by atoms with Crippen LogP contribution in [0.3, 0.4) is 0 Å². The van der Waals surface area contributed by atoms with E-state index in [0.717, 1.165) is 0 Å². The van der Waals surface area contributed by atoms with Gasteiger partial charge in [-0.15, -0.1) is 0 Å². The van der Waals surface area contributed by atoms with Gasteiger partial charge in [-0.25, -0.2) is 27.7 Å². The van der Waals surface area contributed by atoms with Crippen molar-refractivity contribution in [1.29, 1.82) is 0 Å². The Morgan fingerprint density at radius 1 is 1.21 bits per heavy atom. The minimum Gasteiger partial charge on any atom is -0.444 e. The van der Waals surface area contributed by atoms with Gasteiger partial charge in [0.1, 0.15) is 27.5 Å². The van der Waals surface area contributed by atoms with E-state index in [0.29, 0.717) is 27.9 Å². The third-order valence-electron chi connectivity index (χ3n) is 6.31. The van der Waals surface area contributed by atoms with E-state index >= 15 is 4.39 Å². The number of alkyl carbamates (subject to hydrolysis) is 1. The molecule has 1 N–H and O–H groups in total. The number of benzene rings is 1. The van der Waals surface area contributed by atoms with Crippen molar-refractivity contribution in [1.82, 2.24) is 20.4 Å². The summed E-state index contributed by atoms with van der Waals surface area (Å²) in [6.07, 6.45) is 2.12. The van der Waals surface area contributed by atoms with Crippen molar-refractivity contribution < 1.29 is 22.7 Å². The molecule has 0 saturated heterocycles. The minimum atomic E-state index is -3.04. The Morgan fingerprint density at radius 3 is 2.49 bits per heavy atom. The maximum atomic E-state index is 15.4. The van der Waals surface area contributed by atoms with Crippen LogP contribution in [0.25, 0.3) is 22.8 Å². The van der Waals surface area contributed by atoms with Gasteiger partial charge in [0.15, 0.2) is 17.3 Å². The summed E-state index contributed by atoms with van der Waals surface area (Å²) in [4.78, 5) is 25.7. The minimum absolute atomic E-state index is 0.0797. The molecule has 1 amide bonds. The maximum Gasteiger partial charge on any atom is 0.413 e. The second kappa shape index (κ2) is 9.98. The molecule has 0 spiro atoms. The monoisotopic (exact) mass is 576 g/mol. The number of amides is 1. The molecule has 13 heteroatoms. The lowest BCUT2D eigenvalue weighted by atomic mass is 9.91. The summed E-state index contributed by atoms with van der Waals surface area (Å²) in [5.74, 6) is 0.0862. The van der Waals surface area contributed by atoms with Gasteiger partial charge < -0.3 is 9.26 Å². The van der Waals surface area contributed by atoms with Gasteiger partial charge in [0, 0.05) is 36.6 Å². The normalized spacial score (nSPS) is 22.6. The van der Waals surface area contributed by atoms with Crippen LogP contribution in [-0.2, 0) is 20.0 Å². The smallest absolute Gasteiger partial charge is 0.413 e. The van der Waals surface area contributed by atoms with E-state index in [1.54, 1.807) is 53.7 Å². The van der Waals surface area contributed by atoms with E-state index in [-0.39, 0.29) is 17.2 Å². The van der Waals surface area contributed by atoms with Crippen molar-refractivity contribution in [3.63, 3.8) is 0 Å². The number of hydrogen-bond acceptors (Lipinski definition) is 9. The zero-order valence-corrected chi connectivity index (χ0v) is 24.3. The van der Waals surface area contributed by atoms with Gasteiger partial charge in [-0.3, -0.25) is 10.3 Å². The number of rotatable bonds is 3. The number of halogens is 2. The quantitative estimate of drug-likeness (QED) is 0.428. The molecule has 3 aromatic rings. The van der Waals surface area contributed by atoms with Gasteiger partial charge in [-0.2, -0.15) is 0 Å². The second-order valence-electron chi connectivity index (χ2n) is 10.8. The molecule has 10 nitrogen and oxygen atoms in total. The Bertz CT molecular complexity index is 1570. The Kier molecular flexibility index (Phi) is 7.32. The molecule has 39 heavy (non-hydrogen) atoms. The van der Waals surface area contributed by atoms with E-state index in [9.17, 15) is 9.00 Å². The maximum absolute atomic E-state index is 15.4. The summed E-state index contributed by atoms with van der Waals surface area (Å²) < 4.78 is 43.5. The molecular formula is C26H30ClFN6O4S. The predicted molar refractivity (Wildman–Crippen MR) is 148 cm³/mol. The first-order valence-corrected chi connectivity index (χ1v) is 14.1. The first-order valence-electron chi connectivity index (χ1n) is 12.0. The third-order valence-corrected chi connectivity index (χ3v) is 9.83. The number of carbonyl (C=O) groups is 1. The summed E-state index contributed by atoms with van der Waals surface area (Å²) >= 11 is 5.86. The molecular weight excluding hydrogens is 547 g/mol. The number of nitrogens with zero attached hydrogens (tertiary/aromatic N) is 5. The topological polar surface area (TPSA) is 132 Å². The standard InChI is InChI=1S/C26H30ClFN6O4S/c1-24(2,3)37-23(35)32-22-25(4,5)39(36,29-7)14-26(6,33-22)17-10-15(8-9-18(17)28)20-11-19(34-38-20)21-30-12-16(27)13-31-21/h8-13H,14H2,1-7H3,(H,32,33,35)/t26-,39+/m0/s1. The molecule has 0 bridgehead atoms. The van der Waals surface area contributed by atoms with Crippen molar-refractivity contribution >= 4 is 33.3 Å². The second-order valence-corrected chi connectivity index (χ2v) is 14.2. The average molecular weight is 577 g/mol. The summed E-state index contributed by atoms with van der Waals surface area (Å²) in [6.45, 7) is 10.2. The van der Waals surface area contributed by atoms with E-state index in [2.05, 4.69) is 24.8 Å². The molecule has 1 aliphatic rings. The lowest BCUT2D eigenvalue weighted by molar-refractivity contribution is 0.0560. The first-order chi connectivity index (χ1) is 18.1. The number of amidine groups is 1. The zero-order valence-electron chi connectivity index (χ0n) is 22.7. The average Bonchev–Trinajstić information content (AvgIpc) is 3.32. The van der Waals surface area contributed by atoms with Gasteiger partial charge in [-0.1, -0.05) is 16.8 Å². The van der Waals surface area contributed by atoms with Crippen LogP contribution in [-0.4, -0.2) is 54.4 Å². The highest BCUT2D eigenvalue weighted by Crippen LogP contribution is 2.40. The molecule has 0 aliphatic carbocycles. The number of aromatic nitrogens is 3. The van der Waals surface area contributed by atoms with Crippen LogP contribution < -0.4 is 5.32 Å². The van der Waals surface area contributed by atoms with Gasteiger partial charge in [0.25, 0.3) is 0 Å². The molecule has 208 valence electrons. The fourth-order valence-electron chi connectivity index (χ4n) is 4.19. The Balaban J connectivity index is 1.78. The van der Waals surface area contributed by atoms with E-state index < -0.39 is 37.5 Å². The number of nitrogens with one attached hydrogen (secondary N) is 1. The molecule has 0 radical (unpaired) electrons. The highest BCUT2D eigenvalue weighted by atomic mass is 35.5. The number of hydrogen-bond donors (Lipinski definition) is 1. The van der Waals surface area contributed by atoms with E-state index in [4.69, 9.17) is 25.9 Å². The van der Waals surface area contributed by atoms with Crippen LogP contribution in [0.4, 0.5) is 9.18 Å². The highest BCUT2D eigenvalue weighted by Gasteiger charge is 2.49. The van der Waals surface area contributed by atoms with Crippen LogP contribution in [0.15, 0.2) is 50.5 Å². The molecule has 3 heterocycles. The largest absolute Gasteiger partial charge is 0.444 e. The first kappa shape index (κ1) is 28.6. The lowest BCUT2D eigenvalue weighted by Crippen LogP contribution is -2.57. The van der Waals surface area contributed by atoms with E-state index in [1.807, 2.05) is 0 Å². The number of aliphatic imine (C=N–C) groups is 1. The van der Waals surface area contributed by atoms with Crippen molar-refractivity contribution in [2.75, 3.05) is 12.8 Å². The molecule has 2 aromatic heterocycles. The Labute approximate surface area is 231 Å². The highest BCUT2D eigenvalue weighted by molar-refractivity contribution is 7.95. The fourth-order valence-corrected chi connectivity index (χ4v) is 6.61.